The van der Waals surface area contributed by atoms with Gasteiger partial charge in [-0.15, -0.1) is 0 Å². The molecule has 124 valence electrons. The molecule has 1 saturated heterocycles. The third-order valence-electron chi connectivity index (χ3n) is 4.59. The summed E-state index contributed by atoms with van der Waals surface area (Å²) in [4.78, 5) is 7.24. The molecule has 1 aromatic heterocycles. The molecule has 0 atom stereocenters. The average Bonchev–Trinajstić information content (AvgIpc) is 2.91. The van der Waals surface area contributed by atoms with Crippen molar-refractivity contribution in [3.05, 3.63) is 17.0 Å². The zero-order valence-electron chi connectivity index (χ0n) is 15.0. The van der Waals surface area contributed by atoms with Crippen LogP contribution in [0.5, 0.6) is 0 Å². The quantitative estimate of drug-likeness (QED) is 0.686. The maximum Gasteiger partial charge on any atom is 0.193 e. The van der Waals surface area contributed by atoms with E-state index >= 15 is 0 Å². The maximum absolute atomic E-state index is 4.84. The van der Waals surface area contributed by atoms with Gasteiger partial charge in [0.25, 0.3) is 0 Å². The normalized spacial score (nSPS) is 18.1. The van der Waals surface area contributed by atoms with Gasteiger partial charge < -0.3 is 10.2 Å². The van der Waals surface area contributed by atoms with Crippen LogP contribution in [-0.4, -0.2) is 46.8 Å². The van der Waals surface area contributed by atoms with Crippen molar-refractivity contribution in [1.82, 2.24) is 20.0 Å². The molecule has 1 N–H and O–H groups in total. The molecule has 0 unspecified atom stereocenters. The molecule has 2 rings (SSSR count). The number of aryl methyl sites for hydroxylation is 2. The Hall–Kier alpha value is -1.52. The molecular formula is C17H31N5. The highest BCUT2D eigenvalue weighted by Crippen LogP contribution is 2.28. The van der Waals surface area contributed by atoms with Crippen LogP contribution in [0.15, 0.2) is 4.99 Å². The van der Waals surface area contributed by atoms with Crippen LogP contribution >= 0.6 is 0 Å². The number of rotatable bonds is 4. The van der Waals surface area contributed by atoms with Crippen molar-refractivity contribution >= 4 is 5.96 Å². The summed E-state index contributed by atoms with van der Waals surface area (Å²) in [6, 6.07) is 0. The first-order chi connectivity index (χ1) is 10.3. The van der Waals surface area contributed by atoms with Gasteiger partial charge in [-0.3, -0.25) is 9.67 Å². The van der Waals surface area contributed by atoms with Gasteiger partial charge in [0, 0.05) is 38.9 Å². The molecule has 2 heterocycles. The number of guanidine groups is 1. The third kappa shape index (κ3) is 3.81. The topological polar surface area (TPSA) is 45.5 Å². The second-order valence-electron chi connectivity index (χ2n) is 7.09. The monoisotopic (exact) mass is 305 g/mol. The standard InChI is InChI=1S/C17H31N5/c1-7-18-16(22-11-9-17(4,5)12-22)19-10-8-15-13(2)20-21(6)14(15)3/h7-12H2,1-6H3,(H,18,19). The van der Waals surface area contributed by atoms with Crippen molar-refractivity contribution in [3.63, 3.8) is 0 Å². The number of nitrogens with zero attached hydrogens (tertiary/aromatic N) is 4. The summed E-state index contributed by atoms with van der Waals surface area (Å²) in [6.07, 6.45) is 2.19. The van der Waals surface area contributed by atoms with Gasteiger partial charge >= 0.3 is 0 Å². The molecule has 1 fully saturated rings. The number of aliphatic imine (C=N–C) groups is 1. The van der Waals surface area contributed by atoms with Gasteiger partial charge in [-0.1, -0.05) is 13.8 Å². The van der Waals surface area contributed by atoms with Gasteiger partial charge in [0.2, 0.25) is 0 Å². The maximum atomic E-state index is 4.84. The molecule has 5 heteroatoms. The minimum absolute atomic E-state index is 0.396. The first-order valence-electron chi connectivity index (χ1n) is 8.36. The Labute approximate surface area is 134 Å². The zero-order chi connectivity index (χ0) is 16.3. The summed E-state index contributed by atoms with van der Waals surface area (Å²) in [5.74, 6) is 1.06. The summed E-state index contributed by atoms with van der Waals surface area (Å²) in [5.41, 5.74) is 4.11. The van der Waals surface area contributed by atoms with Gasteiger partial charge in [-0.25, -0.2) is 0 Å². The highest BCUT2D eigenvalue weighted by molar-refractivity contribution is 5.80. The second-order valence-corrected chi connectivity index (χ2v) is 7.09. The highest BCUT2D eigenvalue weighted by Gasteiger charge is 2.30. The smallest absolute Gasteiger partial charge is 0.193 e. The fourth-order valence-corrected chi connectivity index (χ4v) is 3.17. The molecular weight excluding hydrogens is 274 g/mol. The second kappa shape index (κ2) is 6.71. The lowest BCUT2D eigenvalue weighted by molar-refractivity contribution is 0.370. The molecule has 0 radical (unpaired) electrons. The molecule has 22 heavy (non-hydrogen) atoms. The predicted molar refractivity (Wildman–Crippen MR) is 92.3 cm³/mol. The SMILES string of the molecule is CCNC(=NCCc1c(C)nn(C)c1C)N1CCC(C)(C)C1. The summed E-state index contributed by atoms with van der Waals surface area (Å²) in [5, 5.41) is 7.92. The van der Waals surface area contributed by atoms with Crippen LogP contribution in [0.25, 0.3) is 0 Å². The molecule has 1 aliphatic rings. The van der Waals surface area contributed by atoms with Gasteiger partial charge in [-0.2, -0.15) is 5.10 Å². The number of aromatic nitrogens is 2. The van der Waals surface area contributed by atoms with Gasteiger partial charge in [0.15, 0.2) is 5.96 Å². The van der Waals surface area contributed by atoms with E-state index in [0.717, 1.165) is 44.3 Å². The predicted octanol–water partition coefficient (Wildman–Crippen LogP) is 2.28. The zero-order valence-corrected chi connectivity index (χ0v) is 15.0. The minimum atomic E-state index is 0.396. The highest BCUT2D eigenvalue weighted by atomic mass is 15.3. The van der Waals surface area contributed by atoms with E-state index < -0.39 is 0 Å². The molecule has 1 aromatic rings. The van der Waals surface area contributed by atoms with Crippen LogP contribution in [-0.2, 0) is 13.5 Å². The van der Waals surface area contributed by atoms with E-state index in [1.807, 2.05) is 11.7 Å². The van der Waals surface area contributed by atoms with E-state index in [9.17, 15) is 0 Å². The van der Waals surface area contributed by atoms with Crippen molar-refractivity contribution in [2.75, 3.05) is 26.2 Å². The summed E-state index contributed by atoms with van der Waals surface area (Å²) in [6.45, 7) is 14.9. The molecule has 0 spiro atoms. The fourth-order valence-electron chi connectivity index (χ4n) is 3.17. The summed E-state index contributed by atoms with van der Waals surface area (Å²) in [7, 11) is 2.01. The van der Waals surface area contributed by atoms with Crippen LogP contribution < -0.4 is 5.32 Å². The van der Waals surface area contributed by atoms with Crippen LogP contribution in [0, 0.1) is 19.3 Å². The number of hydrogen-bond donors (Lipinski definition) is 1. The largest absolute Gasteiger partial charge is 0.357 e. The number of hydrogen-bond acceptors (Lipinski definition) is 2. The van der Waals surface area contributed by atoms with Crippen LogP contribution in [0.2, 0.25) is 0 Å². The van der Waals surface area contributed by atoms with Crippen LogP contribution in [0.3, 0.4) is 0 Å². The van der Waals surface area contributed by atoms with Crippen molar-refractivity contribution in [3.8, 4) is 0 Å². The van der Waals surface area contributed by atoms with E-state index in [1.165, 1.54) is 17.7 Å². The Morgan fingerprint density at radius 1 is 1.36 bits per heavy atom. The van der Waals surface area contributed by atoms with E-state index in [4.69, 9.17) is 4.99 Å². The van der Waals surface area contributed by atoms with Crippen molar-refractivity contribution in [1.29, 1.82) is 0 Å². The Balaban J connectivity index is 2.02. The fraction of sp³-hybridized carbons (Fsp3) is 0.765. The van der Waals surface area contributed by atoms with E-state index in [-0.39, 0.29) is 0 Å². The van der Waals surface area contributed by atoms with Crippen molar-refractivity contribution < 1.29 is 0 Å². The molecule has 5 nitrogen and oxygen atoms in total. The molecule has 0 bridgehead atoms. The van der Waals surface area contributed by atoms with Crippen LogP contribution in [0.4, 0.5) is 0 Å². The number of nitrogens with one attached hydrogen (secondary N) is 1. The first kappa shape index (κ1) is 16.8. The van der Waals surface area contributed by atoms with E-state index in [1.54, 1.807) is 0 Å². The average molecular weight is 305 g/mol. The first-order valence-corrected chi connectivity index (χ1v) is 8.36. The number of likely N-dealkylation sites (tertiary alicyclic amines) is 1. The lowest BCUT2D eigenvalue weighted by Gasteiger charge is -2.23. The molecule has 0 aromatic carbocycles. The van der Waals surface area contributed by atoms with Crippen molar-refractivity contribution in [2.24, 2.45) is 17.5 Å². The molecule has 1 aliphatic heterocycles. The van der Waals surface area contributed by atoms with Crippen LogP contribution in [0.1, 0.15) is 44.1 Å². The molecule has 0 amide bonds. The summed E-state index contributed by atoms with van der Waals surface area (Å²) >= 11 is 0. The van der Waals surface area contributed by atoms with Gasteiger partial charge in [-0.05, 0) is 44.6 Å². The Morgan fingerprint density at radius 3 is 2.59 bits per heavy atom. The Kier molecular flexibility index (Phi) is 5.14. The third-order valence-corrected chi connectivity index (χ3v) is 4.59. The van der Waals surface area contributed by atoms with E-state index in [0.29, 0.717) is 5.41 Å². The lowest BCUT2D eigenvalue weighted by atomic mass is 9.93. The molecule has 0 aliphatic carbocycles. The lowest BCUT2D eigenvalue weighted by Crippen LogP contribution is -2.40. The summed E-state index contributed by atoms with van der Waals surface area (Å²) < 4.78 is 1.96. The van der Waals surface area contributed by atoms with E-state index in [2.05, 4.69) is 49.9 Å². The Morgan fingerprint density at radius 2 is 2.09 bits per heavy atom. The Bertz CT molecular complexity index is 541. The van der Waals surface area contributed by atoms with Gasteiger partial charge in [0.1, 0.15) is 0 Å². The van der Waals surface area contributed by atoms with Crippen molar-refractivity contribution in [2.45, 2.75) is 47.5 Å². The van der Waals surface area contributed by atoms with Gasteiger partial charge in [0.05, 0.1) is 5.69 Å². The minimum Gasteiger partial charge on any atom is -0.357 e. The molecule has 0 saturated carbocycles.